The normalized spacial score (nSPS) is 13.6. The van der Waals surface area contributed by atoms with E-state index in [-0.39, 0.29) is 5.91 Å². The molecule has 0 spiro atoms. The molecular formula is C14H21N3O. The fraction of sp³-hybridized carbons (Fsp3) is 0.500. The molecule has 0 fully saturated rings. The summed E-state index contributed by atoms with van der Waals surface area (Å²) in [6, 6.07) is 5.88. The van der Waals surface area contributed by atoms with Crippen molar-refractivity contribution in [1.29, 1.82) is 0 Å². The van der Waals surface area contributed by atoms with E-state index < -0.39 is 0 Å². The van der Waals surface area contributed by atoms with Crippen molar-refractivity contribution < 1.29 is 4.79 Å². The van der Waals surface area contributed by atoms with Gasteiger partial charge in [-0.05, 0) is 49.9 Å². The molecule has 0 aromatic heterocycles. The highest BCUT2D eigenvalue weighted by Gasteiger charge is 2.16. The molecular weight excluding hydrogens is 226 g/mol. The summed E-state index contributed by atoms with van der Waals surface area (Å²) in [4.78, 5) is 12.1. The number of benzene rings is 1. The van der Waals surface area contributed by atoms with Crippen molar-refractivity contribution in [2.24, 2.45) is 5.73 Å². The smallest absolute Gasteiger partial charge is 0.251 e. The van der Waals surface area contributed by atoms with E-state index in [9.17, 15) is 4.79 Å². The molecule has 0 aliphatic carbocycles. The lowest BCUT2D eigenvalue weighted by Gasteiger charge is -2.20. The van der Waals surface area contributed by atoms with E-state index in [2.05, 4.69) is 10.6 Å². The van der Waals surface area contributed by atoms with E-state index in [1.807, 2.05) is 18.2 Å². The predicted octanol–water partition coefficient (Wildman–Crippen LogP) is 1.51. The quantitative estimate of drug-likeness (QED) is 0.691. The van der Waals surface area contributed by atoms with Crippen LogP contribution >= 0.6 is 0 Å². The van der Waals surface area contributed by atoms with Crippen LogP contribution in [0.15, 0.2) is 18.2 Å². The number of unbranched alkanes of at least 4 members (excludes halogenated alkanes) is 1. The third kappa shape index (κ3) is 3.01. The molecule has 0 radical (unpaired) electrons. The van der Waals surface area contributed by atoms with Gasteiger partial charge in [0.1, 0.15) is 0 Å². The maximum atomic E-state index is 12.1. The second kappa shape index (κ2) is 6.40. The van der Waals surface area contributed by atoms with Gasteiger partial charge in [-0.25, -0.2) is 0 Å². The first-order chi connectivity index (χ1) is 8.83. The predicted molar refractivity (Wildman–Crippen MR) is 73.9 cm³/mol. The minimum absolute atomic E-state index is 0.0348. The molecule has 0 saturated carbocycles. The number of carbonyl (C=O) groups is 1. The van der Waals surface area contributed by atoms with E-state index in [0.717, 1.165) is 49.0 Å². The molecule has 1 heterocycles. The summed E-state index contributed by atoms with van der Waals surface area (Å²) in [5.41, 5.74) is 8.50. The first-order valence-corrected chi connectivity index (χ1v) is 6.67. The first-order valence-electron chi connectivity index (χ1n) is 6.67. The van der Waals surface area contributed by atoms with Crippen molar-refractivity contribution in [2.75, 3.05) is 25.0 Å². The SMILES string of the molecule is NCCCCNC(=O)c1cccc2c1CCCN2. The van der Waals surface area contributed by atoms with Crippen LogP contribution in [0.25, 0.3) is 0 Å². The molecule has 0 saturated heterocycles. The Morgan fingerprint density at radius 2 is 2.28 bits per heavy atom. The Kier molecular flexibility index (Phi) is 4.59. The minimum atomic E-state index is 0.0348. The zero-order valence-corrected chi connectivity index (χ0v) is 10.7. The van der Waals surface area contributed by atoms with Crippen LogP contribution in [-0.2, 0) is 6.42 Å². The van der Waals surface area contributed by atoms with Crippen molar-refractivity contribution in [1.82, 2.24) is 5.32 Å². The Balaban J connectivity index is 2.01. The standard InChI is InChI=1S/C14H21N3O/c15-8-1-2-9-17-14(18)12-5-3-7-13-11(12)6-4-10-16-13/h3,5,7,16H,1-2,4,6,8-10,15H2,(H,17,18). The van der Waals surface area contributed by atoms with Crippen molar-refractivity contribution in [3.8, 4) is 0 Å². The highest BCUT2D eigenvalue weighted by Crippen LogP contribution is 2.25. The second-order valence-electron chi connectivity index (χ2n) is 4.61. The Hall–Kier alpha value is -1.55. The Morgan fingerprint density at radius 3 is 3.11 bits per heavy atom. The number of hydrogen-bond donors (Lipinski definition) is 3. The molecule has 0 atom stereocenters. The molecule has 1 aromatic rings. The summed E-state index contributed by atoms with van der Waals surface area (Å²) in [6.07, 6.45) is 3.96. The monoisotopic (exact) mass is 247 g/mol. The minimum Gasteiger partial charge on any atom is -0.385 e. The van der Waals surface area contributed by atoms with E-state index in [0.29, 0.717) is 13.1 Å². The van der Waals surface area contributed by atoms with Crippen LogP contribution in [0.1, 0.15) is 35.2 Å². The Bertz CT molecular complexity index is 418. The van der Waals surface area contributed by atoms with Crippen molar-refractivity contribution in [2.45, 2.75) is 25.7 Å². The molecule has 4 nitrogen and oxygen atoms in total. The zero-order valence-electron chi connectivity index (χ0n) is 10.7. The van der Waals surface area contributed by atoms with Crippen molar-refractivity contribution >= 4 is 11.6 Å². The van der Waals surface area contributed by atoms with Crippen LogP contribution < -0.4 is 16.4 Å². The number of carbonyl (C=O) groups excluding carboxylic acids is 1. The van der Waals surface area contributed by atoms with Crippen LogP contribution in [0.5, 0.6) is 0 Å². The van der Waals surface area contributed by atoms with E-state index >= 15 is 0 Å². The Labute approximate surface area is 108 Å². The van der Waals surface area contributed by atoms with Crippen LogP contribution in [-0.4, -0.2) is 25.5 Å². The molecule has 2 rings (SSSR count). The molecule has 98 valence electrons. The summed E-state index contributed by atoms with van der Waals surface area (Å²) >= 11 is 0. The maximum absolute atomic E-state index is 12.1. The lowest BCUT2D eigenvalue weighted by atomic mass is 9.97. The van der Waals surface area contributed by atoms with Gasteiger partial charge in [0.05, 0.1) is 0 Å². The summed E-state index contributed by atoms with van der Waals surface area (Å²) < 4.78 is 0. The molecule has 1 aliphatic rings. The van der Waals surface area contributed by atoms with E-state index in [1.54, 1.807) is 0 Å². The van der Waals surface area contributed by atoms with Crippen LogP contribution in [0, 0.1) is 0 Å². The summed E-state index contributed by atoms with van der Waals surface area (Å²) in [6.45, 7) is 2.38. The first kappa shape index (κ1) is 12.9. The van der Waals surface area contributed by atoms with Crippen LogP contribution in [0.4, 0.5) is 5.69 Å². The van der Waals surface area contributed by atoms with Crippen LogP contribution in [0.3, 0.4) is 0 Å². The fourth-order valence-electron chi connectivity index (χ4n) is 2.29. The molecule has 4 heteroatoms. The van der Waals surface area contributed by atoms with E-state index in [1.165, 1.54) is 0 Å². The molecule has 1 amide bonds. The number of rotatable bonds is 5. The number of nitrogens with two attached hydrogens (primary N) is 1. The zero-order chi connectivity index (χ0) is 12.8. The van der Waals surface area contributed by atoms with Crippen LogP contribution in [0.2, 0.25) is 0 Å². The van der Waals surface area contributed by atoms with Gasteiger partial charge in [0.25, 0.3) is 5.91 Å². The van der Waals surface area contributed by atoms with Gasteiger partial charge in [-0.2, -0.15) is 0 Å². The van der Waals surface area contributed by atoms with Gasteiger partial charge in [0.15, 0.2) is 0 Å². The average molecular weight is 247 g/mol. The number of amides is 1. The van der Waals surface area contributed by atoms with Gasteiger partial charge in [0.2, 0.25) is 0 Å². The van der Waals surface area contributed by atoms with Crippen molar-refractivity contribution in [3.63, 3.8) is 0 Å². The highest BCUT2D eigenvalue weighted by molar-refractivity contribution is 5.97. The highest BCUT2D eigenvalue weighted by atomic mass is 16.1. The Morgan fingerprint density at radius 1 is 1.39 bits per heavy atom. The number of fused-ring (bicyclic) bond motifs is 1. The lowest BCUT2D eigenvalue weighted by Crippen LogP contribution is -2.27. The number of hydrogen-bond acceptors (Lipinski definition) is 3. The molecule has 0 unspecified atom stereocenters. The summed E-state index contributed by atoms with van der Waals surface area (Å²) in [5.74, 6) is 0.0348. The van der Waals surface area contributed by atoms with Gasteiger partial charge >= 0.3 is 0 Å². The number of nitrogens with one attached hydrogen (secondary N) is 2. The van der Waals surface area contributed by atoms with E-state index in [4.69, 9.17) is 5.73 Å². The molecule has 18 heavy (non-hydrogen) atoms. The van der Waals surface area contributed by atoms with Gasteiger partial charge in [-0.15, -0.1) is 0 Å². The largest absolute Gasteiger partial charge is 0.385 e. The lowest BCUT2D eigenvalue weighted by molar-refractivity contribution is 0.0952. The van der Waals surface area contributed by atoms with Gasteiger partial charge in [-0.1, -0.05) is 6.07 Å². The molecule has 1 aromatic carbocycles. The molecule has 1 aliphatic heterocycles. The molecule has 0 bridgehead atoms. The maximum Gasteiger partial charge on any atom is 0.251 e. The third-order valence-corrected chi connectivity index (χ3v) is 3.26. The topological polar surface area (TPSA) is 67.1 Å². The van der Waals surface area contributed by atoms with Crippen molar-refractivity contribution in [3.05, 3.63) is 29.3 Å². The van der Waals surface area contributed by atoms with Gasteiger partial charge in [0, 0.05) is 24.3 Å². The third-order valence-electron chi connectivity index (χ3n) is 3.26. The fourth-order valence-corrected chi connectivity index (χ4v) is 2.29. The van der Waals surface area contributed by atoms with Gasteiger partial charge in [-0.3, -0.25) is 4.79 Å². The molecule has 4 N–H and O–H groups in total. The summed E-state index contributed by atoms with van der Waals surface area (Å²) in [5, 5.41) is 6.30. The van der Waals surface area contributed by atoms with Gasteiger partial charge < -0.3 is 16.4 Å². The average Bonchev–Trinajstić information content (AvgIpc) is 2.43. The second-order valence-corrected chi connectivity index (χ2v) is 4.61. The number of anilines is 1. The summed E-state index contributed by atoms with van der Waals surface area (Å²) in [7, 11) is 0.